The van der Waals surface area contributed by atoms with Crippen LogP contribution in [0.1, 0.15) is 6.42 Å². The summed E-state index contributed by atoms with van der Waals surface area (Å²) in [5.41, 5.74) is 1.01. The highest BCUT2D eigenvalue weighted by atomic mass is 79.9. The molecule has 7 heteroatoms. The maximum atomic E-state index is 4.63. The molecule has 0 spiro atoms. The Morgan fingerprint density at radius 1 is 1.15 bits per heavy atom. The second kappa shape index (κ2) is 6.24. The van der Waals surface area contributed by atoms with E-state index in [0.717, 1.165) is 58.9 Å². The van der Waals surface area contributed by atoms with Gasteiger partial charge in [-0.15, -0.1) is 5.10 Å². The van der Waals surface area contributed by atoms with Crippen molar-refractivity contribution in [2.45, 2.75) is 6.42 Å². The van der Waals surface area contributed by atoms with Crippen LogP contribution in [-0.4, -0.2) is 41.4 Å². The van der Waals surface area contributed by atoms with Gasteiger partial charge >= 0.3 is 0 Å². The van der Waals surface area contributed by atoms with Gasteiger partial charge in [-0.2, -0.15) is 4.98 Å². The summed E-state index contributed by atoms with van der Waals surface area (Å²) in [7, 11) is 0. The standard InChI is InChI=1S/C13H15Br2N5/c14-9-2-3-11(15)10(8-9)12-17-13(19-18-12)20-6-1-4-16-5-7-20/h2-3,8,16H,1,4-7H2,(H,17,18,19). The molecule has 0 unspecified atom stereocenters. The second-order valence-corrected chi connectivity index (χ2v) is 6.47. The lowest BCUT2D eigenvalue weighted by molar-refractivity contribution is 0.724. The Labute approximate surface area is 134 Å². The van der Waals surface area contributed by atoms with Crippen LogP contribution in [0.5, 0.6) is 0 Å². The van der Waals surface area contributed by atoms with Crippen LogP contribution in [0.25, 0.3) is 11.4 Å². The van der Waals surface area contributed by atoms with Gasteiger partial charge in [-0.1, -0.05) is 31.9 Å². The number of halogens is 2. The summed E-state index contributed by atoms with van der Waals surface area (Å²) < 4.78 is 2.02. The Hall–Kier alpha value is -0.920. The third-order valence-electron chi connectivity index (χ3n) is 3.28. The number of aromatic nitrogens is 3. The van der Waals surface area contributed by atoms with Crippen LogP contribution < -0.4 is 10.2 Å². The molecular weight excluding hydrogens is 386 g/mol. The lowest BCUT2D eigenvalue weighted by Gasteiger charge is -2.16. The number of H-pyrrole nitrogens is 1. The minimum Gasteiger partial charge on any atom is -0.338 e. The first-order valence-corrected chi connectivity index (χ1v) is 8.16. The Morgan fingerprint density at radius 3 is 2.95 bits per heavy atom. The summed E-state index contributed by atoms with van der Waals surface area (Å²) in [5.74, 6) is 1.56. The van der Waals surface area contributed by atoms with Crippen molar-refractivity contribution < 1.29 is 0 Å². The summed E-state index contributed by atoms with van der Waals surface area (Å²) in [5, 5.41) is 10.8. The van der Waals surface area contributed by atoms with E-state index in [1.54, 1.807) is 0 Å². The number of benzene rings is 1. The first kappa shape index (κ1) is 14.0. The molecule has 106 valence electrons. The Bertz CT molecular complexity index is 590. The molecule has 0 bridgehead atoms. The van der Waals surface area contributed by atoms with Crippen LogP contribution in [0.2, 0.25) is 0 Å². The molecule has 0 radical (unpaired) electrons. The van der Waals surface area contributed by atoms with E-state index < -0.39 is 0 Å². The van der Waals surface area contributed by atoms with Crippen LogP contribution in [0.15, 0.2) is 27.1 Å². The Morgan fingerprint density at radius 2 is 2.05 bits per heavy atom. The topological polar surface area (TPSA) is 56.8 Å². The zero-order valence-corrected chi connectivity index (χ0v) is 14.0. The lowest BCUT2D eigenvalue weighted by atomic mass is 10.2. The van der Waals surface area contributed by atoms with Gasteiger partial charge in [0.15, 0.2) is 5.82 Å². The number of nitrogens with zero attached hydrogens (tertiary/aromatic N) is 3. The SMILES string of the molecule is Brc1ccc(Br)c(-c2nc(N3CCCNCC3)n[nH]2)c1. The fraction of sp³-hybridized carbons (Fsp3) is 0.385. The van der Waals surface area contributed by atoms with Crippen molar-refractivity contribution in [2.24, 2.45) is 0 Å². The van der Waals surface area contributed by atoms with Crippen molar-refractivity contribution in [1.82, 2.24) is 20.5 Å². The largest absolute Gasteiger partial charge is 0.338 e. The summed E-state index contributed by atoms with van der Waals surface area (Å²) in [6, 6.07) is 6.02. The van der Waals surface area contributed by atoms with Gasteiger partial charge in [0.05, 0.1) is 0 Å². The molecular formula is C13H15Br2N5. The summed E-state index contributed by atoms with van der Waals surface area (Å²) in [4.78, 5) is 6.84. The molecule has 0 atom stereocenters. The van der Waals surface area contributed by atoms with E-state index in [1.807, 2.05) is 18.2 Å². The van der Waals surface area contributed by atoms with Crippen LogP contribution >= 0.6 is 31.9 Å². The molecule has 20 heavy (non-hydrogen) atoms. The average Bonchev–Trinajstić information content (AvgIpc) is 2.77. The fourth-order valence-corrected chi connectivity index (χ4v) is 3.04. The third-order valence-corrected chi connectivity index (χ3v) is 4.46. The molecule has 1 fully saturated rings. The van der Waals surface area contributed by atoms with Crippen molar-refractivity contribution in [3.63, 3.8) is 0 Å². The Kier molecular flexibility index (Phi) is 4.38. The van der Waals surface area contributed by atoms with E-state index in [-0.39, 0.29) is 0 Å². The highest BCUT2D eigenvalue weighted by molar-refractivity contribution is 9.11. The maximum absolute atomic E-state index is 4.63. The number of hydrogen-bond acceptors (Lipinski definition) is 4. The van der Waals surface area contributed by atoms with Gasteiger partial charge in [0.2, 0.25) is 5.95 Å². The van der Waals surface area contributed by atoms with Gasteiger partial charge in [0.25, 0.3) is 0 Å². The van der Waals surface area contributed by atoms with Gasteiger partial charge in [-0.25, -0.2) is 0 Å². The maximum Gasteiger partial charge on any atom is 0.245 e. The molecule has 2 N–H and O–H groups in total. The minimum atomic E-state index is 0.774. The summed E-state index contributed by atoms with van der Waals surface area (Å²) in [6.07, 6.45) is 1.12. The first-order chi connectivity index (χ1) is 9.74. The molecule has 1 aliphatic rings. The number of rotatable bonds is 2. The molecule has 2 heterocycles. The highest BCUT2D eigenvalue weighted by Crippen LogP contribution is 2.29. The fourth-order valence-electron chi connectivity index (χ4n) is 2.24. The van der Waals surface area contributed by atoms with Crippen LogP contribution in [-0.2, 0) is 0 Å². The smallest absolute Gasteiger partial charge is 0.245 e. The van der Waals surface area contributed by atoms with E-state index in [9.17, 15) is 0 Å². The number of aromatic amines is 1. The predicted molar refractivity (Wildman–Crippen MR) is 86.9 cm³/mol. The minimum absolute atomic E-state index is 0.774. The first-order valence-electron chi connectivity index (χ1n) is 6.57. The lowest BCUT2D eigenvalue weighted by Crippen LogP contribution is -2.28. The highest BCUT2D eigenvalue weighted by Gasteiger charge is 2.16. The van der Waals surface area contributed by atoms with Crippen LogP contribution in [0, 0.1) is 0 Å². The molecule has 0 saturated carbocycles. The van der Waals surface area contributed by atoms with Gasteiger partial charge in [0.1, 0.15) is 0 Å². The van der Waals surface area contributed by atoms with Crippen LogP contribution in [0.4, 0.5) is 5.95 Å². The van der Waals surface area contributed by atoms with Crippen molar-refractivity contribution in [1.29, 1.82) is 0 Å². The van der Waals surface area contributed by atoms with E-state index in [1.165, 1.54) is 0 Å². The molecule has 1 aromatic carbocycles. The van der Waals surface area contributed by atoms with Crippen molar-refractivity contribution in [3.8, 4) is 11.4 Å². The quantitative estimate of drug-likeness (QED) is 0.813. The number of nitrogens with one attached hydrogen (secondary N) is 2. The zero-order valence-electron chi connectivity index (χ0n) is 10.9. The normalized spacial score (nSPS) is 16.2. The summed E-state index contributed by atoms with van der Waals surface area (Å²) in [6.45, 7) is 3.97. The second-order valence-electron chi connectivity index (χ2n) is 4.70. The molecule has 2 aromatic rings. The predicted octanol–water partition coefficient (Wildman–Crippen LogP) is 2.80. The zero-order chi connectivity index (χ0) is 13.9. The number of anilines is 1. The van der Waals surface area contributed by atoms with E-state index in [4.69, 9.17) is 0 Å². The van der Waals surface area contributed by atoms with Crippen molar-refractivity contribution in [3.05, 3.63) is 27.1 Å². The molecule has 1 aliphatic heterocycles. The molecule has 3 rings (SSSR count). The molecule has 0 aliphatic carbocycles. The Balaban J connectivity index is 1.87. The van der Waals surface area contributed by atoms with E-state index >= 15 is 0 Å². The third kappa shape index (κ3) is 3.05. The van der Waals surface area contributed by atoms with E-state index in [0.29, 0.717) is 0 Å². The molecule has 5 nitrogen and oxygen atoms in total. The number of hydrogen-bond donors (Lipinski definition) is 2. The van der Waals surface area contributed by atoms with Gasteiger partial charge < -0.3 is 10.2 Å². The van der Waals surface area contributed by atoms with Gasteiger partial charge in [-0.05, 0) is 31.2 Å². The van der Waals surface area contributed by atoms with Crippen LogP contribution in [0.3, 0.4) is 0 Å². The van der Waals surface area contributed by atoms with Crippen molar-refractivity contribution >= 4 is 37.8 Å². The summed E-state index contributed by atoms with van der Waals surface area (Å²) >= 11 is 7.04. The van der Waals surface area contributed by atoms with Gasteiger partial charge in [-0.3, -0.25) is 5.10 Å². The molecule has 0 amide bonds. The molecule has 1 aromatic heterocycles. The average molecular weight is 401 g/mol. The van der Waals surface area contributed by atoms with E-state index in [2.05, 4.69) is 57.3 Å². The van der Waals surface area contributed by atoms with Gasteiger partial charge in [0, 0.05) is 34.1 Å². The molecule has 1 saturated heterocycles. The monoisotopic (exact) mass is 399 g/mol. The van der Waals surface area contributed by atoms with Crippen molar-refractivity contribution in [2.75, 3.05) is 31.1 Å².